The van der Waals surface area contributed by atoms with Crippen LogP contribution in [0.3, 0.4) is 0 Å². The Kier molecular flexibility index (Phi) is 8.19. The summed E-state index contributed by atoms with van der Waals surface area (Å²) in [6, 6.07) is 21.0. The first kappa shape index (κ1) is 25.2. The number of nitrogens with zero attached hydrogens (tertiary/aromatic N) is 3. The van der Waals surface area contributed by atoms with E-state index < -0.39 is 0 Å². The Morgan fingerprint density at radius 3 is 2.44 bits per heavy atom. The monoisotopic (exact) mass is 484 g/mol. The highest BCUT2D eigenvalue weighted by Crippen LogP contribution is 2.33. The van der Waals surface area contributed by atoms with E-state index in [1.54, 1.807) is 24.3 Å². The van der Waals surface area contributed by atoms with Crippen LogP contribution >= 0.6 is 0 Å². The van der Waals surface area contributed by atoms with Crippen molar-refractivity contribution in [3.63, 3.8) is 0 Å². The average Bonchev–Trinajstić information content (AvgIpc) is 3.34. The third kappa shape index (κ3) is 6.21. The lowest BCUT2D eigenvalue weighted by atomic mass is 9.98. The number of rotatable bonds is 9. The van der Waals surface area contributed by atoms with Gasteiger partial charge in [-0.05, 0) is 74.7 Å². The summed E-state index contributed by atoms with van der Waals surface area (Å²) < 4.78 is 11.4. The summed E-state index contributed by atoms with van der Waals surface area (Å²) in [5.41, 5.74) is 3.29. The van der Waals surface area contributed by atoms with Gasteiger partial charge in [0.05, 0.1) is 30.4 Å². The number of carbonyl (C=O) groups is 1. The molecule has 2 heterocycles. The number of hydrogen-bond acceptors (Lipinski definition) is 6. The van der Waals surface area contributed by atoms with Crippen molar-refractivity contribution < 1.29 is 14.3 Å². The second-order valence-electron chi connectivity index (χ2n) is 9.14. The minimum Gasteiger partial charge on any atom is -0.494 e. The number of likely N-dealkylation sites (tertiary alicyclic amines) is 1. The van der Waals surface area contributed by atoms with Crippen LogP contribution in [0.1, 0.15) is 60.3 Å². The van der Waals surface area contributed by atoms with Gasteiger partial charge in [0.1, 0.15) is 5.75 Å². The summed E-state index contributed by atoms with van der Waals surface area (Å²) in [5.74, 6) is 1.32. The lowest BCUT2D eigenvalue weighted by Gasteiger charge is -2.29. The Morgan fingerprint density at radius 2 is 1.83 bits per heavy atom. The molecule has 2 aromatic carbocycles. The third-order valence-electron chi connectivity index (χ3n) is 6.13. The van der Waals surface area contributed by atoms with Crippen molar-refractivity contribution in [3.05, 3.63) is 89.1 Å². The van der Waals surface area contributed by atoms with Gasteiger partial charge in [-0.25, -0.2) is 4.98 Å². The molecule has 1 saturated heterocycles. The second-order valence-corrected chi connectivity index (χ2v) is 9.14. The molecule has 1 N–H and O–H groups in total. The van der Waals surface area contributed by atoms with E-state index in [4.69, 9.17) is 14.7 Å². The first-order valence-corrected chi connectivity index (χ1v) is 12.4. The van der Waals surface area contributed by atoms with Crippen molar-refractivity contribution in [1.29, 1.82) is 5.26 Å². The number of pyridine rings is 1. The molecule has 1 fully saturated rings. The molecular formula is C29H32N4O3. The van der Waals surface area contributed by atoms with Gasteiger partial charge in [-0.15, -0.1) is 0 Å². The van der Waals surface area contributed by atoms with Crippen molar-refractivity contribution in [3.8, 4) is 17.7 Å². The lowest BCUT2D eigenvalue weighted by molar-refractivity contribution is 0.0937. The molecule has 4 rings (SSSR count). The standard InChI is InChI=1S/C29H32N4O3/c1-4-35-26-12-9-22(10-13-26)28(24-11-14-27(31-18-24)36-20(2)3)33-16-15-25(19-33)32-29(34)23-7-5-21(17-30)6-8-23/h5-14,18,20,25,28H,4,15-16,19H2,1-3H3,(H,32,34)/t25?,28-/m1/s1. The fraction of sp³-hybridized carbons (Fsp3) is 0.345. The first-order chi connectivity index (χ1) is 17.5. The number of nitriles is 1. The molecule has 0 saturated carbocycles. The van der Waals surface area contributed by atoms with Gasteiger partial charge >= 0.3 is 0 Å². The minimum atomic E-state index is -0.124. The largest absolute Gasteiger partial charge is 0.494 e. The SMILES string of the molecule is CCOc1ccc([C@H](c2ccc(OC(C)C)nc2)N2CCC(NC(=O)c3ccc(C#N)cc3)C2)cc1. The zero-order valence-electron chi connectivity index (χ0n) is 21.0. The predicted molar refractivity (Wildman–Crippen MR) is 138 cm³/mol. The lowest BCUT2D eigenvalue weighted by Crippen LogP contribution is -2.38. The van der Waals surface area contributed by atoms with E-state index in [1.165, 1.54) is 0 Å². The number of aromatic nitrogens is 1. The Balaban J connectivity index is 1.52. The van der Waals surface area contributed by atoms with Crippen molar-refractivity contribution in [2.24, 2.45) is 0 Å². The second kappa shape index (κ2) is 11.7. The molecular weight excluding hydrogens is 452 g/mol. The summed E-state index contributed by atoms with van der Waals surface area (Å²) in [6.45, 7) is 8.10. The highest BCUT2D eigenvalue weighted by Gasteiger charge is 2.31. The molecule has 0 radical (unpaired) electrons. The van der Waals surface area contributed by atoms with Crippen molar-refractivity contribution in [2.75, 3.05) is 19.7 Å². The van der Waals surface area contributed by atoms with Gasteiger partial charge in [0.2, 0.25) is 5.88 Å². The fourth-order valence-electron chi connectivity index (χ4n) is 4.50. The molecule has 1 aliphatic heterocycles. The zero-order chi connectivity index (χ0) is 25.5. The molecule has 0 bridgehead atoms. The predicted octanol–water partition coefficient (Wildman–Crippen LogP) is 4.73. The zero-order valence-corrected chi connectivity index (χ0v) is 21.0. The molecule has 36 heavy (non-hydrogen) atoms. The molecule has 7 heteroatoms. The summed E-state index contributed by atoms with van der Waals surface area (Å²) in [4.78, 5) is 19.7. The Bertz CT molecular complexity index is 1190. The number of ether oxygens (including phenoxy) is 2. The highest BCUT2D eigenvalue weighted by atomic mass is 16.5. The quantitative estimate of drug-likeness (QED) is 0.472. The fourth-order valence-corrected chi connectivity index (χ4v) is 4.50. The van der Waals surface area contributed by atoms with Gasteiger partial charge in [-0.1, -0.05) is 18.2 Å². The number of hydrogen-bond donors (Lipinski definition) is 1. The van der Waals surface area contributed by atoms with Crippen LogP contribution in [0.4, 0.5) is 0 Å². The van der Waals surface area contributed by atoms with Crippen LogP contribution in [0.25, 0.3) is 0 Å². The Morgan fingerprint density at radius 1 is 1.11 bits per heavy atom. The average molecular weight is 485 g/mol. The van der Waals surface area contributed by atoms with Crippen LogP contribution in [0, 0.1) is 11.3 Å². The molecule has 3 aromatic rings. The molecule has 1 amide bonds. The van der Waals surface area contributed by atoms with E-state index in [9.17, 15) is 4.79 Å². The van der Waals surface area contributed by atoms with Crippen LogP contribution in [0.15, 0.2) is 66.9 Å². The molecule has 2 atom stereocenters. The first-order valence-electron chi connectivity index (χ1n) is 12.4. The van der Waals surface area contributed by atoms with Gasteiger partial charge in [0.25, 0.3) is 5.91 Å². The van der Waals surface area contributed by atoms with Gasteiger partial charge in [0.15, 0.2) is 0 Å². The van der Waals surface area contributed by atoms with Gasteiger partial charge in [-0.3, -0.25) is 9.69 Å². The molecule has 7 nitrogen and oxygen atoms in total. The third-order valence-corrected chi connectivity index (χ3v) is 6.13. The van der Waals surface area contributed by atoms with Crippen LogP contribution in [0.5, 0.6) is 11.6 Å². The number of carbonyl (C=O) groups excluding carboxylic acids is 1. The molecule has 1 unspecified atom stereocenters. The molecule has 1 aliphatic rings. The van der Waals surface area contributed by atoms with Crippen molar-refractivity contribution in [1.82, 2.24) is 15.2 Å². The van der Waals surface area contributed by atoms with Crippen molar-refractivity contribution in [2.45, 2.75) is 45.4 Å². The van der Waals surface area contributed by atoms with Crippen LogP contribution in [0.2, 0.25) is 0 Å². The summed E-state index contributed by atoms with van der Waals surface area (Å²) in [6.07, 6.45) is 2.78. The maximum Gasteiger partial charge on any atom is 0.251 e. The number of benzene rings is 2. The smallest absolute Gasteiger partial charge is 0.251 e. The van der Waals surface area contributed by atoms with Crippen LogP contribution in [-0.2, 0) is 0 Å². The van der Waals surface area contributed by atoms with Gasteiger partial charge in [-0.2, -0.15) is 5.26 Å². The van der Waals surface area contributed by atoms with Gasteiger partial charge in [0, 0.05) is 37.0 Å². The van der Waals surface area contributed by atoms with E-state index in [0.29, 0.717) is 30.2 Å². The topological polar surface area (TPSA) is 87.5 Å². The highest BCUT2D eigenvalue weighted by molar-refractivity contribution is 5.94. The summed E-state index contributed by atoms with van der Waals surface area (Å²) in [5, 5.41) is 12.1. The summed E-state index contributed by atoms with van der Waals surface area (Å²) in [7, 11) is 0. The van der Waals surface area contributed by atoms with Crippen LogP contribution in [-0.4, -0.2) is 47.6 Å². The van der Waals surface area contributed by atoms with E-state index >= 15 is 0 Å². The maximum atomic E-state index is 12.8. The van der Waals surface area contributed by atoms with Crippen molar-refractivity contribution >= 4 is 5.91 Å². The Hall–Kier alpha value is -3.89. The summed E-state index contributed by atoms with van der Waals surface area (Å²) >= 11 is 0. The molecule has 0 spiro atoms. The Labute approximate surface area is 212 Å². The van der Waals surface area contributed by atoms with E-state index in [1.807, 2.05) is 45.2 Å². The normalized spacial score (nSPS) is 16.4. The number of nitrogens with one attached hydrogen (secondary N) is 1. The molecule has 0 aliphatic carbocycles. The van der Waals surface area contributed by atoms with Crippen LogP contribution < -0.4 is 14.8 Å². The van der Waals surface area contributed by atoms with Gasteiger partial charge < -0.3 is 14.8 Å². The van der Waals surface area contributed by atoms with E-state index in [2.05, 4.69) is 39.5 Å². The molecule has 186 valence electrons. The van der Waals surface area contributed by atoms with E-state index in [0.717, 1.165) is 29.8 Å². The minimum absolute atomic E-state index is 0.0157. The number of amides is 1. The van der Waals surface area contributed by atoms with E-state index in [-0.39, 0.29) is 24.1 Å². The maximum absolute atomic E-state index is 12.8. The molecule has 1 aromatic heterocycles.